The largest absolute Gasteiger partial charge is 0.502 e. The van der Waals surface area contributed by atoms with E-state index in [2.05, 4.69) is 5.32 Å². The first kappa shape index (κ1) is 16.7. The molecule has 3 rings (SSSR count). The molecule has 0 bridgehead atoms. The van der Waals surface area contributed by atoms with E-state index in [4.69, 9.17) is 4.74 Å². The monoisotopic (exact) mass is 334 g/mol. The number of carbonyl (C=O) groups excluding carboxylic acids is 1. The molecule has 0 aromatic heterocycles. The number of amides is 1. The quantitative estimate of drug-likeness (QED) is 0.637. The maximum Gasteiger partial charge on any atom is 0.310 e. The van der Waals surface area contributed by atoms with Crippen molar-refractivity contribution >= 4 is 11.6 Å². The minimum atomic E-state index is -0.677. The molecule has 2 N–H and O–H groups in total. The lowest BCUT2D eigenvalue weighted by Crippen LogP contribution is -2.63. The number of nitro groups is 1. The molecule has 1 aromatic carbocycles. The maximum atomic E-state index is 12.5. The molecule has 2 fully saturated rings. The van der Waals surface area contributed by atoms with Crippen LogP contribution in [0.5, 0.6) is 5.75 Å². The standard InChI is InChI=1S/C17H22N2O5/c1-2-24-15-10-14(17(15)7-3-4-8-17)18-16(21)11-5-6-12(19(22)23)13(20)9-11/h5-6,9,14-15,20H,2-4,7-8,10H2,1H3,(H,18,21)/t14-,15-/m0/s1. The highest BCUT2D eigenvalue weighted by molar-refractivity contribution is 5.95. The van der Waals surface area contributed by atoms with Gasteiger partial charge in [-0.25, -0.2) is 0 Å². The molecule has 7 heteroatoms. The Hall–Kier alpha value is -2.15. The molecule has 0 radical (unpaired) electrons. The normalized spacial score (nSPS) is 24.5. The number of carbonyl (C=O) groups is 1. The lowest BCUT2D eigenvalue weighted by molar-refractivity contribution is -0.385. The van der Waals surface area contributed by atoms with Crippen LogP contribution < -0.4 is 5.32 Å². The molecule has 24 heavy (non-hydrogen) atoms. The van der Waals surface area contributed by atoms with Crippen molar-refractivity contribution in [3.8, 4) is 5.75 Å². The first-order chi connectivity index (χ1) is 11.5. The van der Waals surface area contributed by atoms with Crippen molar-refractivity contribution in [2.75, 3.05) is 6.61 Å². The minimum Gasteiger partial charge on any atom is -0.502 e. The van der Waals surface area contributed by atoms with Gasteiger partial charge in [0, 0.05) is 29.7 Å². The van der Waals surface area contributed by atoms with Crippen LogP contribution in [-0.4, -0.2) is 34.7 Å². The van der Waals surface area contributed by atoms with Crippen LogP contribution >= 0.6 is 0 Å². The van der Waals surface area contributed by atoms with E-state index in [0.717, 1.165) is 44.2 Å². The Balaban J connectivity index is 1.71. The van der Waals surface area contributed by atoms with Crippen LogP contribution in [0.2, 0.25) is 0 Å². The first-order valence-electron chi connectivity index (χ1n) is 8.38. The summed E-state index contributed by atoms with van der Waals surface area (Å²) in [5.41, 5.74) is -0.154. The van der Waals surface area contributed by atoms with Gasteiger partial charge in [-0.1, -0.05) is 12.8 Å². The predicted molar refractivity (Wildman–Crippen MR) is 86.9 cm³/mol. The molecule has 1 spiro atoms. The van der Waals surface area contributed by atoms with Gasteiger partial charge in [0.1, 0.15) is 0 Å². The van der Waals surface area contributed by atoms with E-state index in [1.807, 2.05) is 6.92 Å². The summed E-state index contributed by atoms with van der Waals surface area (Å²) in [5.74, 6) is -0.810. The molecule has 2 aliphatic rings. The first-order valence-corrected chi connectivity index (χ1v) is 8.38. The van der Waals surface area contributed by atoms with Gasteiger partial charge in [0.25, 0.3) is 5.91 Å². The van der Waals surface area contributed by atoms with E-state index in [1.54, 1.807) is 0 Å². The molecule has 2 atom stereocenters. The molecule has 0 unspecified atom stereocenters. The van der Waals surface area contributed by atoms with Crippen LogP contribution in [0.3, 0.4) is 0 Å². The zero-order chi connectivity index (χ0) is 17.3. The van der Waals surface area contributed by atoms with E-state index in [9.17, 15) is 20.0 Å². The molecule has 1 amide bonds. The third-order valence-corrected chi connectivity index (χ3v) is 5.43. The van der Waals surface area contributed by atoms with Crippen molar-refractivity contribution in [3.63, 3.8) is 0 Å². The third kappa shape index (κ3) is 2.73. The average molecular weight is 334 g/mol. The fraction of sp³-hybridized carbons (Fsp3) is 0.588. The van der Waals surface area contributed by atoms with Crippen molar-refractivity contribution < 1.29 is 19.6 Å². The molecule has 2 saturated carbocycles. The number of hydrogen-bond acceptors (Lipinski definition) is 5. The summed E-state index contributed by atoms with van der Waals surface area (Å²) in [7, 11) is 0. The van der Waals surface area contributed by atoms with Crippen molar-refractivity contribution in [1.29, 1.82) is 0 Å². The van der Waals surface area contributed by atoms with Gasteiger partial charge in [-0.3, -0.25) is 14.9 Å². The molecule has 0 heterocycles. The molecule has 0 aliphatic heterocycles. The van der Waals surface area contributed by atoms with Crippen molar-refractivity contribution in [3.05, 3.63) is 33.9 Å². The van der Waals surface area contributed by atoms with Crippen LogP contribution in [0, 0.1) is 15.5 Å². The summed E-state index contributed by atoms with van der Waals surface area (Å²) in [4.78, 5) is 22.5. The fourth-order valence-corrected chi connectivity index (χ4v) is 4.15. The van der Waals surface area contributed by atoms with Gasteiger partial charge in [0.15, 0.2) is 5.75 Å². The molecular weight excluding hydrogens is 312 g/mol. The molecule has 2 aliphatic carbocycles. The topological polar surface area (TPSA) is 102 Å². The van der Waals surface area contributed by atoms with Gasteiger partial charge in [-0.05, 0) is 38.3 Å². The second kappa shape index (κ2) is 6.39. The Morgan fingerprint density at radius 1 is 1.46 bits per heavy atom. The van der Waals surface area contributed by atoms with Crippen LogP contribution in [-0.2, 0) is 4.74 Å². The van der Waals surface area contributed by atoms with Gasteiger partial charge in [0.05, 0.1) is 11.0 Å². The SMILES string of the molecule is CCO[C@H]1C[C@H](NC(=O)c2ccc([N+](=O)[O-])c(O)c2)C12CCCC2. The van der Waals surface area contributed by atoms with Crippen molar-refractivity contribution in [2.24, 2.45) is 5.41 Å². The summed E-state index contributed by atoms with van der Waals surface area (Å²) in [5, 5.41) is 23.5. The number of phenols is 1. The van der Waals surface area contributed by atoms with Gasteiger partial charge < -0.3 is 15.2 Å². The fourth-order valence-electron chi connectivity index (χ4n) is 4.15. The Bertz CT molecular complexity index is 654. The summed E-state index contributed by atoms with van der Waals surface area (Å²) in [6.07, 6.45) is 5.38. The predicted octanol–water partition coefficient (Wildman–Crippen LogP) is 2.77. The van der Waals surface area contributed by atoms with E-state index in [-0.39, 0.29) is 29.0 Å². The highest BCUT2D eigenvalue weighted by Gasteiger charge is 2.57. The molecular formula is C17H22N2O5. The third-order valence-electron chi connectivity index (χ3n) is 5.43. The Kier molecular flexibility index (Phi) is 4.45. The lowest BCUT2D eigenvalue weighted by Gasteiger charge is -2.54. The Morgan fingerprint density at radius 3 is 2.75 bits per heavy atom. The van der Waals surface area contributed by atoms with E-state index in [1.165, 1.54) is 6.07 Å². The highest BCUT2D eigenvalue weighted by Crippen LogP contribution is 2.54. The van der Waals surface area contributed by atoms with Crippen LogP contribution in [0.4, 0.5) is 5.69 Å². The van der Waals surface area contributed by atoms with Gasteiger partial charge in [-0.15, -0.1) is 0 Å². The molecule has 130 valence electrons. The number of nitrogens with zero attached hydrogens (tertiary/aromatic N) is 1. The van der Waals surface area contributed by atoms with Gasteiger partial charge in [0.2, 0.25) is 0 Å². The molecule has 1 aromatic rings. The average Bonchev–Trinajstić information content (AvgIpc) is 3.06. The number of phenolic OH excluding ortho intramolecular Hbond substituents is 1. The Morgan fingerprint density at radius 2 is 2.17 bits per heavy atom. The summed E-state index contributed by atoms with van der Waals surface area (Å²) < 4.78 is 5.83. The van der Waals surface area contributed by atoms with E-state index < -0.39 is 16.4 Å². The van der Waals surface area contributed by atoms with Crippen molar-refractivity contribution in [2.45, 2.75) is 51.2 Å². The number of benzene rings is 1. The summed E-state index contributed by atoms with van der Waals surface area (Å²) >= 11 is 0. The number of rotatable bonds is 5. The van der Waals surface area contributed by atoms with Crippen LogP contribution in [0.25, 0.3) is 0 Å². The van der Waals surface area contributed by atoms with Gasteiger partial charge >= 0.3 is 5.69 Å². The number of nitro benzene ring substituents is 1. The summed E-state index contributed by atoms with van der Waals surface area (Å²) in [6, 6.07) is 3.72. The second-order valence-electron chi connectivity index (χ2n) is 6.61. The van der Waals surface area contributed by atoms with E-state index in [0.29, 0.717) is 6.61 Å². The van der Waals surface area contributed by atoms with Gasteiger partial charge in [-0.2, -0.15) is 0 Å². The number of ether oxygens (including phenoxy) is 1. The zero-order valence-electron chi connectivity index (χ0n) is 13.7. The number of aromatic hydroxyl groups is 1. The zero-order valence-corrected chi connectivity index (χ0v) is 13.7. The second-order valence-corrected chi connectivity index (χ2v) is 6.61. The minimum absolute atomic E-state index is 0.0223. The van der Waals surface area contributed by atoms with Crippen molar-refractivity contribution in [1.82, 2.24) is 5.32 Å². The maximum absolute atomic E-state index is 12.5. The number of nitrogens with one attached hydrogen (secondary N) is 1. The molecule has 0 saturated heterocycles. The van der Waals surface area contributed by atoms with E-state index >= 15 is 0 Å². The Labute approximate surface area is 140 Å². The molecule has 7 nitrogen and oxygen atoms in total. The summed E-state index contributed by atoms with van der Waals surface area (Å²) in [6.45, 7) is 2.65. The lowest BCUT2D eigenvalue weighted by atomic mass is 9.60. The highest BCUT2D eigenvalue weighted by atomic mass is 16.6. The van der Waals surface area contributed by atoms with Crippen LogP contribution in [0.1, 0.15) is 49.4 Å². The van der Waals surface area contributed by atoms with Crippen LogP contribution in [0.15, 0.2) is 18.2 Å². The number of hydrogen-bond donors (Lipinski definition) is 2. The smallest absolute Gasteiger partial charge is 0.310 e.